The monoisotopic (exact) mass is 250 g/mol. The lowest BCUT2D eigenvalue weighted by molar-refractivity contribution is -0.121. The third-order valence-corrected chi connectivity index (χ3v) is 2.86. The largest absolute Gasteiger partial charge is 0.497 e. The lowest BCUT2D eigenvalue weighted by Gasteiger charge is -2.20. The number of benzene rings is 1. The highest BCUT2D eigenvalue weighted by molar-refractivity contribution is 5.76. The van der Waals surface area contributed by atoms with Gasteiger partial charge in [-0.05, 0) is 30.5 Å². The fraction of sp³-hybridized carbons (Fsp3) is 0.533. The molecule has 0 amide bonds. The summed E-state index contributed by atoms with van der Waals surface area (Å²) in [4.78, 5) is 11.2. The molecule has 0 aromatic heterocycles. The fourth-order valence-corrected chi connectivity index (χ4v) is 1.70. The highest BCUT2D eigenvalue weighted by Crippen LogP contribution is 2.16. The van der Waals surface area contributed by atoms with Crippen molar-refractivity contribution in [1.82, 2.24) is 0 Å². The molecule has 1 atom stereocenters. The average molecular weight is 250 g/mol. The Hall–Kier alpha value is -1.35. The van der Waals surface area contributed by atoms with Gasteiger partial charge in [0.05, 0.1) is 19.8 Å². The molecule has 0 aliphatic heterocycles. The van der Waals surface area contributed by atoms with Crippen LogP contribution in [0.4, 0.5) is 0 Å². The van der Waals surface area contributed by atoms with Gasteiger partial charge in [-0.25, -0.2) is 0 Å². The van der Waals surface area contributed by atoms with E-state index in [-0.39, 0.29) is 11.9 Å². The van der Waals surface area contributed by atoms with Gasteiger partial charge in [0.25, 0.3) is 0 Å². The number of methoxy groups -OCH3 is 1. The molecule has 0 spiro atoms. The Kier molecular flexibility index (Phi) is 5.86. The van der Waals surface area contributed by atoms with Gasteiger partial charge in [0.2, 0.25) is 0 Å². The normalized spacial score (nSPS) is 12.5. The van der Waals surface area contributed by atoms with Gasteiger partial charge in [-0.3, -0.25) is 4.79 Å². The first-order chi connectivity index (χ1) is 8.52. The minimum atomic E-state index is -0.00963. The van der Waals surface area contributed by atoms with E-state index in [0.29, 0.717) is 18.9 Å². The fourth-order valence-electron chi connectivity index (χ4n) is 1.70. The summed E-state index contributed by atoms with van der Waals surface area (Å²) >= 11 is 0. The van der Waals surface area contributed by atoms with Gasteiger partial charge in [0.15, 0.2) is 0 Å². The first-order valence-corrected chi connectivity index (χ1v) is 6.27. The topological polar surface area (TPSA) is 35.5 Å². The van der Waals surface area contributed by atoms with E-state index in [2.05, 4.69) is 13.8 Å². The standard InChI is InChI=1S/C15H22O3/c1-11(2)15(9-12(3)16)18-10-13-5-7-14(17-4)8-6-13/h5-8,11,15H,9-10H2,1-4H3/t15-/m1/s1. The molecule has 0 N–H and O–H groups in total. The van der Waals surface area contributed by atoms with Crippen molar-refractivity contribution in [2.75, 3.05) is 7.11 Å². The lowest BCUT2D eigenvalue weighted by Crippen LogP contribution is -2.22. The van der Waals surface area contributed by atoms with Crippen molar-refractivity contribution in [3.63, 3.8) is 0 Å². The molecule has 1 aromatic rings. The second-order valence-electron chi connectivity index (χ2n) is 4.85. The summed E-state index contributed by atoms with van der Waals surface area (Å²) in [5.41, 5.74) is 1.09. The summed E-state index contributed by atoms with van der Waals surface area (Å²) in [6, 6.07) is 7.77. The summed E-state index contributed by atoms with van der Waals surface area (Å²) in [5, 5.41) is 0. The minimum absolute atomic E-state index is 0.00963. The Balaban J connectivity index is 2.52. The van der Waals surface area contributed by atoms with Crippen LogP contribution in [0.25, 0.3) is 0 Å². The SMILES string of the molecule is COc1ccc(CO[C@H](CC(C)=O)C(C)C)cc1. The van der Waals surface area contributed by atoms with Crippen LogP contribution in [0.1, 0.15) is 32.8 Å². The molecule has 3 nitrogen and oxygen atoms in total. The second kappa shape index (κ2) is 7.17. The maximum Gasteiger partial charge on any atom is 0.132 e. The Morgan fingerprint density at radius 2 is 1.83 bits per heavy atom. The predicted octanol–water partition coefficient (Wildman–Crippen LogP) is 3.22. The number of hydrogen-bond acceptors (Lipinski definition) is 3. The van der Waals surface area contributed by atoms with Crippen molar-refractivity contribution in [2.45, 2.75) is 39.9 Å². The number of Topliss-reactive ketones (excluding diaryl/α,β-unsaturated/α-hetero) is 1. The average Bonchev–Trinajstić information content (AvgIpc) is 2.34. The minimum Gasteiger partial charge on any atom is -0.497 e. The molecule has 3 heteroatoms. The molecule has 0 fully saturated rings. The highest BCUT2D eigenvalue weighted by atomic mass is 16.5. The van der Waals surface area contributed by atoms with Crippen LogP contribution < -0.4 is 4.74 Å². The van der Waals surface area contributed by atoms with Crippen molar-refractivity contribution in [3.05, 3.63) is 29.8 Å². The molecule has 1 rings (SSSR count). The van der Waals surface area contributed by atoms with Crippen molar-refractivity contribution < 1.29 is 14.3 Å². The van der Waals surface area contributed by atoms with Crippen molar-refractivity contribution in [2.24, 2.45) is 5.92 Å². The van der Waals surface area contributed by atoms with E-state index in [9.17, 15) is 4.79 Å². The Labute approximate surface area is 109 Å². The number of carbonyl (C=O) groups excluding carboxylic acids is 1. The van der Waals surface area contributed by atoms with Gasteiger partial charge in [0, 0.05) is 6.42 Å². The highest BCUT2D eigenvalue weighted by Gasteiger charge is 2.16. The van der Waals surface area contributed by atoms with E-state index in [1.54, 1.807) is 14.0 Å². The van der Waals surface area contributed by atoms with Crippen molar-refractivity contribution in [1.29, 1.82) is 0 Å². The molecule has 100 valence electrons. The molecular formula is C15H22O3. The zero-order valence-corrected chi connectivity index (χ0v) is 11.6. The van der Waals surface area contributed by atoms with E-state index >= 15 is 0 Å². The molecule has 0 radical (unpaired) electrons. The Bertz CT molecular complexity index is 368. The summed E-state index contributed by atoms with van der Waals surface area (Å²) in [6.45, 7) is 6.27. The molecule has 0 saturated carbocycles. The van der Waals surface area contributed by atoms with Gasteiger partial charge in [-0.15, -0.1) is 0 Å². The van der Waals surface area contributed by atoms with E-state index in [1.807, 2.05) is 24.3 Å². The van der Waals surface area contributed by atoms with Gasteiger partial charge < -0.3 is 9.47 Å². The quantitative estimate of drug-likeness (QED) is 0.745. The maximum atomic E-state index is 11.2. The molecule has 0 heterocycles. The smallest absolute Gasteiger partial charge is 0.132 e. The second-order valence-corrected chi connectivity index (χ2v) is 4.85. The van der Waals surface area contributed by atoms with Gasteiger partial charge in [0.1, 0.15) is 11.5 Å². The molecule has 0 aliphatic rings. The number of ketones is 1. The predicted molar refractivity (Wildman–Crippen MR) is 71.7 cm³/mol. The first kappa shape index (κ1) is 14.7. The number of hydrogen-bond donors (Lipinski definition) is 0. The number of carbonyl (C=O) groups is 1. The van der Waals surface area contributed by atoms with Crippen LogP contribution in [0.15, 0.2) is 24.3 Å². The first-order valence-electron chi connectivity index (χ1n) is 6.27. The van der Waals surface area contributed by atoms with Crippen LogP contribution in [0, 0.1) is 5.92 Å². The van der Waals surface area contributed by atoms with Crippen LogP contribution in [0.2, 0.25) is 0 Å². The zero-order valence-electron chi connectivity index (χ0n) is 11.6. The summed E-state index contributed by atoms with van der Waals surface area (Å²) in [5.74, 6) is 1.35. The van der Waals surface area contributed by atoms with E-state index in [0.717, 1.165) is 11.3 Å². The Morgan fingerprint density at radius 3 is 2.28 bits per heavy atom. The molecule has 0 bridgehead atoms. The lowest BCUT2D eigenvalue weighted by atomic mass is 10.0. The zero-order chi connectivity index (χ0) is 13.5. The molecule has 0 saturated heterocycles. The van der Waals surface area contributed by atoms with Crippen molar-refractivity contribution >= 4 is 5.78 Å². The summed E-state index contributed by atoms with van der Waals surface area (Å²) in [7, 11) is 1.65. The van der Waals surface area contributed by atoms with Gasteiger partial charge >= 0.3 is 0 Å². The third kappa shape index (κ3) is 4.88. The Morgan fingerprint density at radius 1 is 1.22 bits per heavy atom. The molecule has 18 heavy (non-hydrogen) atoms. The van der Waals surface area contributed by atoms with Crippen LogP contribution in [-0.4, -0.2) is 19.0 Å². The van der Waals surface area contributed by atoms with Crippen LogP contribution in [0.3, 0.4) is 0 Å². The van der Waals surface area contributed by atoms with E-state index in [4.69, 9.17) is 9.47 Å². The number of rotatable bonds is 7. The third-order valence-electron chi connectivity index (χ3n) is 2.86. The van der Waals surface area contributed by atoms with Crippen LogP contribution in [0.5, 0.6) is 5.75 Å². The number of ether oxygens (including phenoxy) is 2. The molecule has 0 unspecified atom stereocenters. The van der Waals surface area contributed by atoms with Crippen LogP contribution in [-0.2, 0) is 16.1 Å². The van der Waals surface area contributed by atoms with E-state index < -0.39 is 0 Å². The molecule has 1 aromatic carbocycles. The maximum absolute atomic E-state index is 11.2. The van der Waals surface area contributed by atoms with Gasteiger partial charge in [-0.2, -0.15) is 0 Å². The summed E-state index contributed by atoms with van der Waals surface area (Å²) < 4.78 is 10.9. The molecule has 0 aliphatic carbocycles. The van der Waals surface area contributed by atoms with Crippen LogP contribution >= 0.6 is 0 Å². The van der Waals surface area contributed by atoms with E-state index in [1.165, 1.54) is 0 Å². The summed E-state index contributed by atoms with van der Waals surface area (Å²) in [6.07, 6.45) is 0.470. The van der Waals surface area contributed by atoms with Gasteiger partial charge in [-0.1, -0.05) is 26.0 Å². The molecular weight excluding hydrogens is 228 g/mol. The van der Waals surface area contributed by atoms with Crippen molar-refractivity contribution in [3.8, 4) is 5.75 Å².